The lowest BCUT2D eigenvalue weighted by atomic mass is 9.93. The predicted molar refractivity (Wildman–Crippen MR) is 69.6 cm³/mol. The largest absolute Gasteiger partial charge is 0.497 e. The highest BCUT2D eigenvalue weighted by molar-refractivity contribution is 9.10. The number of ketones is 1. The Balaban J connectivity index is 2.95. The highest BCUT2D eigenvalue weighted by Crippen LogP contribution is 2.31. The minimum absolute atomic E-state index is 0.139. The van der Waals surface area contributed by atoms with E-state index >= 15 is 0 Å². The van der Waals surface area contributed by atoms with Crippen molar-refractivity contribution in [3.8, 4) is 5.75 Å². The van der Waals surface area contributed by atoms with Crippen LogP contribution in [0.2, 0.25) is 0 Å². The molecular formula is C13H17BrO2. The molecule has 1 aromatic carbocycles. The number of Topliss-reactive ketones (excluding diaryl/α,β-unsaturated/α-hetero) is 1. The number of hydrogen-bond acceptors (Lipinski definition) is 2. The minimum atomic E-state index is -0.429. The van der Waals surface area contributed by atoms with Crippen LogP contribution in [0.3, 0.4) is 0 Å². The number of rotatable bonds is 5. The van der Waals surface area contributed by atoms with Crippen LogP contribution in [0.5, 0.6) is 5.75 Å². The molecular weight excluding hydrogens is 268 g/mol. The number of ether oxygens (including phenoxy) is 1. The summed E-state index contributed by atoms with van der Waals surface area (Å²) >= 11 is 3.54. The molecule has 0 saturated heterocycles. The maximum Gasteiger partial charge on any atom is 0.179 e. The van der Waals surface area contributed by atoms with E-state index in [2.05, 4.69) is 15.9 Å². The number of benzene rings is 1. The highest BCUT2D eigenvalue weighted by Gasteiger charge is 2.32. The van der Waals surface area contributed by atoms with E-state index in [0.717, 1.165) is 24.2 Å². The smallest absolute Gasteiger partial charge is 0.179 e. The number of halogens is 1. The van der Waals surface area contributed by atoms with Crippen molar-refractivity contribution in [1.29, 1.82) is 0 Å². The SMILES string of the molecule is CCC(Br)(CC)C(=O)c1ccc(OC)cc1. The van der Waals surface area contributed by atoms with E-state index in [4.69, 9.17) is 4.74 Å². The number of hydrogen-bond donors (Lipinski definition) is 0. The molecule has 0 saturated carbocycles. The second-order valence-corrected chi connectivity index (χ2v) is 5.25. The van der Waals surface area contributed by atoms with Gasteiger partial charge in [0.1, 0.15) is 5.75 Å². The fourth-order valence-electron chi connectivity index (χ4n) is 1.57. The summed E-state index contributed by atoms with van der Waals surface area (Å²) in [6.45, 7) is 4.03. The van der Waals surface area contributed by atoms with Gasteiger partial charge in [-0.25, -0.2) is 0 Å². The molecule has 0 atom stereocenters. The molecule has 0 aromatic heterocycles. The van der Waals surface area contributed by atoms with Gasteiger partial charge in [-0.1, -0.05) is 29.8 Å². The fourth-order valence-corrected chi connectivity index (χ4v) is 1.80. The molecule has 88 valence electrons. The first-order chi connectivity index (χ1) is 7.57. The van der Waals surface area contributed by atoms with Crippen molar-refractivity contribution in [3.63, 3.8) is 0 Å². The van der Waals surface area contributed by atoms with Crippen molar-refractivity contribution in [2.24, 2.45) is 0 Å². The molecule has 0 amide bonds. The second kappa shape index (κ2) is 5.48. The Kier molecular flexibility index (Phi) is 4.54. The van der Waals surface area contributed by atoms with Gasteiger partial charge in [-0.2, -0.15) is 0 Å². The van der Waals surface area contributed by atoms with E-state index < -0.39 is 4.32 Å². The maximum atomic E-state index is 12.2. The van der Waals surface area contributed by atoms with Gasteiger partial charge in [-0.05, 0) is 37.1 Å². The molecule has 1 rings (SSSR count). The van der Waals surface area contributed by atoms with Crippen LogP contribution in [0.4, 0.5) is 0 Å². The van der Waals surface area contributed by atoms with Crippen LogP contribution in [0.25, 0.3) is 0 Å². The Morgan fingerprint density at radius 3 is 2.12 bits per heavy atom. The molecule has 0 fully saturated rings. The first-order valence-electron chi connectivity index (χ1n) is 5.45. The van der Waals surface area contributed by atoms with Crippen LogP contribution in [0, 0.1) is 0 Å². The minimum Gasteiger partial charge on any atom is -0.497 e. The molecule has 16 heavy (non-hydrogen) atoms. The summed E-state index contributed by atoms with van der Waals surface area (Å²) in [7, 11) is 1.61. The molecule has 0 bridgehead atoms. The van der Waals surface area contributed by atoms with Crippen LogP contribution in [0.15, 0.2) is 24.3 Å². The van der Waals surface area contributed by atoms with E-state index in [1.165, 1.54) is 0 Å². The van der Waals surface area contributed by atoms with E-state index in [-0.39, 0.29) is 5.78 Å². The van der Waals surface area contributed by atoms with Gasteiger partial charge < -0.3 is 4.74 Å². The van der Waals surface area contributed by atoms with Crippen molar-refractivity contribution in [2.45, 2.75) is 31.0 Å². The Morgan fingerprint density at radius 2 is 1.75 bits per heavy atom. The monoisotopic (exact) mass is 284 g/mol. The molecule has 0 heterocycles. The Morgan fingerprint density at radius 1 is 1.25 bits per heavy atom. The van der Waals surface area contributed by atoms with E-state index in [9.17, 15) is 4.79 Å². The zero-order chi connectivity index (χ0) is 12.2. The lowest BCUT2D eigenvalue weighted by Gasteiger charge is -2.22. The standard InChI is InChI=1S/C13H17BrO2/c1-4-13(14,5-2)12(15)10-6-8-11(16-3)9-7-10/h6-9H,4-5H2,1-3H3. The summed E-state index contributed by atoms with van der Waals surface area (Å²) in [5.74, 6) is 0.907. The molecule has 0 radical (unpaired) electrons. The summed E-state index contributed by atoms with van der Waals surface area (Å²) in [5, 5.41) is 0. The Hall–Kier alpha value is -0.830. The first-order valence-corrected chi connectivity index (χ1v) is 6.24. The molecule has 0 unspecified atom stereocenters. The molecule has 0 aliphatic carbocycles. The van der Waals surface area contributed by atoms with Gasteiger partial charge in [0.05, 0.1) is 11.4 Å². The first kappa shape index (κ1) is 13.2. The third kappa shape index (κ3) is 2.64. The van der Waals surface area contributed by atoms with Gasteiger partial charge in [-0.3, -0.25) is 4.79 Å². The zero-order valence-corrected chi connectivity index (χ0v) is 11.5. The molecule has 0 spiro atoms. The predicted octanol–water partition coefficient (Wildman–Crippen LogP) is 3.83. The van der Waals surface area contributed by atoms with Crippen LogP contribution in [-0.2, 0) is 0 Å². The molecule has 2 nitrogen and oxygen atoms in total. The van der Waals surface area contributed by atoms with Gasteiger partial charge in [0, 0.05) is 5.56 Å². The zero-order valence-electron chi connectivity index (χ0n) is 9.92. The van der Waals surface area contributed by atoms with E-state index in [1.807, 2.05) is 38.1 Å². The Bertz CT molecular complexity index is 353. The van der Waals surface area contributed by atoms with Gasteiger partial charge in [-0.15, -0.1) is 0 Å². The summed E-state index contributed by atoms with van der Waals surface area (Å²) < 4.78 is 4.64. The molecule has 0 aliphatic heterocycles. The topological polar surface area (TPSA) is 26.3 Å². The highest BCUT2D eigenvalue weighted by atomic mass is 79.9. The molecule has 3 heteroatoms. The molecule has 1 aromatic rings. The third-order valence-corrected chi connectivity index (χ3v) is 4.36. The van der Waals surface area contributed by atoms with E-state index in [0.29, 0.717) is 0 Å². The van der Waals surface area contributed by atoms with Crippen LogP contribution in [-0.4, -0.2) is 17.2 Å². The maximum absolute atomic E-state index is 12.2. The number of methoxy groups -OCH3 is 1. The number of carbonyl (C=O) groups excluding carboxylic acids is 1. The normalized spacial score (nSPS) is 11.2. The Labute approximate surface area is 105 Å². The van der Waals surface area contributed by atoms with Crippen molar-refractivity contribution >= 4 is 21.7 Å². The van der Waals surface area contributed by atoms with Crippen LogP contribution in [0.1, 0.15) is 37.0 Å². The van der Waals surface area contributed by atoms with Crippen LogP contribution >= 0.6 is 15.9 Å². The summed E-state index contributed by atoms with van der Waals surface area (Å²) in [6, 6.07) is 7.24. The van der Waals surface area contributed by atoms with Crippen LogP contribution < -0.4 is 4.74 Å². The van der Waals surface area contributed by atoms with Gasteiger partial charge >= 0.3 is 0 Å². The van der Waals surface area contributed by atoms with Crippen molar-refractivity contribution in [3.05, 3.63) is 29.8 Å². The quantitative estimate of drug-likeness (QED) is 0.607. The van der Waals surface area contributed by atoms with Gasteiger partial charge in [0.25, 0.3) is 0 Å². The van der Waals surface area contributed by atoms with Gasteiger partial charge in [0.2, 0.25) is 0 Å². The van der Waals surface area contributed by atoms with Crippen molar-refractivity contribution < 1.29 is 9.53 Å². The van der Waals surface area contributed by atoms with Crippen molar-refractivity contribution in [2.75, 3.05) is 7.11 Å². The van der Waals surface area contributed by atoms with Crippen molar-refractivity contribution in [1.82, 2.24) is 0 Å². The summed E-state index contributed by atoms with van der Waals surface area (Å²) in [6.07, 6.45) is 1.57. The third-order valence-electron chi connectivity index (χ3n) is 2.88. The summed E-state index contributed by atoms with van der Waals surface area (Å²) in [4.78, 5) is 12.2. The fraction of sp³-hybridized carbons (Fsp3) is 0.462. The van der Waals surface area contributed by atoms with Gasteiger partial charge in [0.15, 0.2) is 5.78 Å². The average Bonchev–Trinajstić information content (AvgIpc) is 2.37. The lowest BCUT2D eigenvalue weighted by molar-refractivity contribution is 0.0941. The molecule has 0 N–H and O–H groups in total. The average molecular weight is 285 g/mol. The van der Waals surface area contributed by atoms with E-state index in [1.54, 1.807) is 7.11 Å². The number of carbonyl (C=O) groups is 1. The lowest BCUT2D eigenvalue weighted by Crippen LogP contribution is -2.30. The summed E-state index contributed by atoms with van der Waals surface area (Å²) in [5.41, 5.74) is 0.723. The molecule has 0 aliphatic rings. The second-order valence-electron chi connectivity index (χ2n) is 3.73. The number of alkyl halides is 1.